The van der Waals surface area contributed by atoms with E-state index in [1.165, 1.54) is 13.2 Å². The first-order valence-corrected chi connectivity index (χ1v) is 3.72. The lowest BCUT2D eigenvalue weighted by Gasteiger charge is -2.12. The second kappa shape index (κ2) is 2.66. The minimum absolute atomic E-state index is 0.171. The Morgan fingerprint density at radius 1 is 1.77 bits per heavy atom. The van der Waals surface area contributed by atoms with Crippen LogP contribution >= 0.6 is 0 Å². The van der Waals surface area contributed by atoms with Crippen LogP contribution in [0.1, 0.15) is 0 Å². The first-order valence-electron chi connectivity index (χ1n) is 3.72. The van der Waals surface area contributed by atoms with Gasteiger partial charge in [0.25, 0.3) is 5.79 Å². The number of carbonyl (C=O) groups excluding carboxylic acids is 1. The van der Waals surface area contributed by atoms with Gasteiger partial charge in [0.05, 0.1) is 7.11 Å². The lowest BCUT2D eigenvalue weighted by atomic mass is 10.0. The van der Waals surface area contributed by atoms with E-state index in [2.05, 4.69) is 9.62 Å². The molecule has 1 N–H and O–H groups in total. The zero-order chi connectivity index (χ0) is 9.47. The summed E-state index contributed by atoms with van der Waals surface area (Å²) in [5, 5.41) is 8.60. The number of hydrogen-bond donors (Lipinski definition) is 1. The van der Waals surface area contributed by atoms with Crippen LogP contribution in [-0.4, -0.2) is 30.2 Å². The van der Waals surface area contributed by atoms with Gasteiger partial charge in [-0.1, -0.05) is 6.08 Å². The molecule has 0 aromatic heterocycles. The molecule has 13 heavy (non-hydrogen) atoms. The fraction of sp³-hybridized carbons (Fsp3) is 0.375. The molecular weight excluding hydrogens is 176 g/mol. The molecule has 2 aliphatic rings. The molecule has 0 spiro atoms. The lowest BCUT2D eigenvalue weighted by molar-refractivity contribution is -0.305. The average Bonchev–Trinajstić information content (AvgIpc) is 2.90. The van der Waals surface area contributed by atoms with Crippen LogP contribution in [0.5, 0.6) is 0 Å². The smallest absolute Gasteiger partial charge is 0.339 e. The van der Waals surface area contributed by atoms with Crippen molar-refractivity contribution < 1.29 is 24.4 Å². The lowest BCUT2D eigenvalue weighted by Crippen LogP contribution is -2.28. The molecule has 1 fully saturated rings. The topological polar surface area (TPSA) is 68.3 Å². The van der Waals surface area contributed by atoms with Crippen molar-refractivity contribution in [3.63, 3.8) is 0 Å². The van der Waals surface area contributed by atoms with Gasteiger partial charge in [-0.2, -0.15) is 4.89 Å². The van der Waals surface area contributed by atoms with Crippen molar-refractivity contribution in [1.82, 2.24) is 0 Å². The fourth-order valence-electron chi connectivity index (χ4n) is 1.35. The van der Waals surface area contributed by atoms with Crippen LogP contribution in [-0.2, 0) is 19.2 Å². The van der Waals surface area contributed by atoms with Crippen molar-refractivity contribution in [2.45, 2.75) is 11.9 Å². The Morgan fingerprint density at radius 3 is 3.15 bits per heavy atom. The highest BCUT2D eigenvalue weighted by Crippen LogP contribution is 2.46. The SMILES string of the molecule is COC(=O)C1=CC=CC2OC12OO. The summed E-state index contributed by atoms with van der Waals surface area (Å²) in [6, 6.07) is 0. The van der Waals surface area contributed by atoms with Gasteiger partial charge in [-0.25, -0.2) is 10.1 Å². The predicted molar refractivity (Wildman–Crippen MR) is 40.6 cm³/mol. The van der Waals surface area contributed by atoms with Crippen LogP contribution in [0.2, 0.25) is 0 Å². The van der Waals surface area contributed by atoms with Crippen LogP contribution in [0.15, 0.2) is 23.8 Å². The fourth-order valence-corrected chi connectivity index (χ4v) is 1.35. The Hall–Kier alpha value is -1.17. The van der Waals surface area contributed by atoms with Crippen molar-refractivity contribution in [1.29, 1.82) is 0 Å². The second-order valence-electron chi connectivity index (χ2n) is 2.75. The first-order chi connectivity index (χ1) is 6.24. The van der Waals surface area contributed by atoms with Gasteiger partial charge < -0.3 is 9.47 Å². The van der Waals surface area contributed by atoms with E-state index in [1.54, 1.807) is 12.2 Å². The third-order valence-electron chi connectivity index (χ3n) is 2.08. The van der Waals surface area contributed by atoms with E-state index in [0.29, 0.717) is 0 Å². The number of carbonyl (C=O) groups is 1. The summed E-state index contributed by atoms with van der Waals surface area (Å²) in [7, 11) is 1.25. The maximum atomic E-state index is 11.2. The van der Waals surface area contributed by atoms with Gasteiger partial charge in [0, 0.05) is 0 Å². The van der Waals surface area contributed by atoms with Crippen molar-refractivity contribution in [2.75, 3.05) is 7.11 Å². The molecular formula is C8H8O5. The maximum Gasteiger partial charge on any atom is 0.339 e. The summed E-state index contributed by atoms with van der Waals surface area (Å²) < 4.78 is 9.52. The Bertz CT molecular complexity index is 306. The quantitative estimate of drug-likeness (QED) is 0.288. The van der Waals surface area contributed by atoms with Gasteiger partial charge in [-0.15, -0.1) is 0 Å². The molecule has 5 heteroatoms. The average molecular weight is 184 g/mol. The number of rotatable bonds is 2. The maximum absolute atomic E-state index is 11.2. The number of fused-ring (bicyclic) bond motifs is 1. The van der Waals surface area contributed by atoms with E-state index in [1.807, 2.05) is 0 Å². The summed E-state index contributed by atoms with van der Waals surface area (Å²) in [5.74, 6) is -1.89. The molecule has 5 nitrogen and oxygen atoms in total. The second-order valence-corrected chi connectivity index (χ2v) is 2.75. The summed E-state index contributed by atoms with van der Waals surface area (Å²) in [4.78, 5) is 15.3. The summed E-state index contributed by atoms with van der Waals surface area (Å²) >= 11 is 0. The summed E-state index contributed by atoms with van der Waals surface area (Å²) in [5.41, 5.74) is 0.171. The third kappa shape index (κ3) is 1.02. The van der Waals surface area contributed by atoms with Crippen molar-refractivity contribution in [3.05, 3.63) is 23.8 Å². The molecule has 1 aliphatic carbocycles. The summed E-state index contributed by atoms with van der Waals surface area (Å²) in [6.07, 6.45) is 4.44. The van der Waals surface area contributed by atoms with Gasteiger partial charge >= 0.3 is 5.97 Å². The van der Waals surface area contributed by atoms with Gasteiger partial charge in [-0.3, -0.25) is 0 Å². The number of epoxide rings is 1. The molecule has 70 valence electrons. The number of methoxy groups -OCH3 is 1. The van der Waals surface area contributed by atoms with E-state index >= 15 is 0 Å². The number of ether oxygens (including phenoxy) is 2. The summed E-state index contributed by atoms with van der Waals surface area (Å²) in [6.45, 7) is 0. The Balaban J connectivity index is 2.30. The van der Waals surface area contributed by atoms with Gasteiger partial charge in [-0.05, 0) is 12.2 Å². The van der Waals surface area contributed by atoms with E-state index < -0.39 is 17.9 Å². The minimum atomic E-state index is -1.32. The number of esters is 1. The van der Waals surface area contributed by atoms with Gasteiger partial charge in [0.1, 0.15) is 11.7 Å². The van der Waals surface area contributed by atoms with E-state index in [-0.39, 0.29) is 5.57 Å². The highest BCUT2D eigenvalue weighted by molar-refractivity contribution is 5.92. The highest BCUT2D eigenvalue weighted by atomic mass is 17.2. The van der Waals surface area contributed by atoms with Gasteiger partial charge in [0.15, 0.2) is 0 Å². The first kappa shape index (κ1) is 8.43. The van der Waals surface area contributed by atoms with Crippen molar-refractivity contribution in [2.24, 2.45) is 0 Å². The van der Waals surface area contributed by atoms with Crippen molar-refractivity contribution >= 4 is 5.97 Å². The van der Waals surface area contributed by atoms with Crippen LogP contribution in [0.4, 0.5) is 0 Å². The zero-order valence-electron chi connectivity index (χ0n) is 6.89. The normalized spacial score (nSPS) is 34.9. The Labute approximate surface area is 74.1 Å². The molecule has 0 aromatic carbocycles. The molecule has 2 rings (SSSR count). The molecule has 2 unspecified atom stereocenters. The highest BCUT2D eigenvalue weighted by Gasteiger charge is 2.64. The monoisotopic (exact) mass is 184 g/mol. The Morgan fingerprint density at radius 2 is 2.54 bits per heavy atom. The van der Waals surface area contributed by atoms with E-state index in [9.17, 15) is 4.79 Å². The standard InChI is InChI=1S/C8H8O5/c1-11-7(9)5-3-2-4-6-8(5,12-6)13-10/h2-4,6,10H,1H3. The molecule has 1 saturated heterocycles. The predicted octanol–water partition coefficient (Wildman–Crippen LogP) is 0.240. The molecule has 0 amide bonds. The van der Waals surface area contributed by atoms with Gasteiger partial charge in [0.2, 0.25) is 0 Å². The zero-order valence-corrected chi connectivity index (χ0v) is 6.89. The minimum Gasteiger partial charge on any atom is -0.466 e. The van der Waals surface area contributed by atoms with Crippen LogP contribution < -0.4 is 0 Å². The van der Waals surface area contributed by atoms with E-state index in [4.69, 9.17) is 9.99 Å². The number of allylic oxidation sites excluding steroid dienone is 2. The molecule has 1 heterocycles. The molecule has 0 radical (unpaired) electrons. The van der Waals surface area contributed by atoms with Crippen molar-refractivity contribution in [3.8, 4) is 0 Å². The van der Waals surface area contributed by atoms with Crippen LogP contribution in [0.3, 0.4) is 0 Å². The molecule has 2 atom stereocenters. The van der Waals surface area contributed by atoms with E-state index in [0.717, 1.165) is 0 Å². The number of hydrogen-bond acceptors (Lipinski definition) is 5. The van der Waals surface area contributed by atoms with Crippen LogP contribution in [0, 0.1) is 0 Å². The van der Waals surface area contributed by atoms with Crippen LogP contribution in [0.25, 0.3) is 0 Å². The molecule has 0 bridgehead atoms. The Kier molecular flexibility index (Phi) is 1.73. The largest absolute Gasteiger partial charge is 0.466 e. The molecule has 1 aliphatic heterocycles. The third-order valence-corrected chi connectivity index (χ3v) is 2.08. The molecule has 0 saturated carbocycles. The molecule has 0 aromatic rings.